The molecule has 0 saturated carbocycles. The minimum Gasteiger partial charge on any atom is -0.289 e. The zero-order valence-corrected chi connectivity index (χ0v) is 20.4. The molecule has 0 radical (unpaired) electrons. The van der Waals surface area contributed by atoms with Gasteiger partial charge in [0, 0.05) is 22.4 Å². The first kappa shape index (κ1) is 23.1. The molecule has 8 heteroatoms. The van der Waals surface area contributed by atoms with Crippen molar-refractivity contribution >= 4 is 46.6 Å². The van der Waals surface area contributed by atoms with E-state index in [9.17, 15) is 4.39 Å². The SMILES string of the molecule is CC(C)(c1ccc(Cl)c(Cl)c1)c1cnc(SCc2ccc(F)cc2Cl)n1-c1cccnc1. The molecule has 0 spiro atoms. The van der Waals surface area contributed by atoms with Crippen LogP contribution >= 0.6 is 46.6 Å². The summed E-state index contributed by atoms with van der Waals surface area (Å²) in [4.78, 5) is 8.99. The van der Waals surface area contributed by atoms with Crippen LogP contribution in [0, 0.1) is 5.82 Å². The van der Waals surface area contributed by atoms with Gasteiger partial charge in [0.25, 0.3) is 0 Å². The molecule has 32 heavy (non-hydrogen) atoms. The number of nitrogens with zero attached hydrogens (tertiary/aromatic N) is 3. The Morgan fingerprint density at radius 2 is 1.78 bits per heavy atom. The Morgan fingerprint density at radius 3 is 2.47 bits per heavy atom. The number of imidazole rings is 1. The third-order valence-electron chi connectivity index (χ3n) is 5.29. The summed E-state index contributed by atoms with van der Waals surface area (Å²) >= 11 is 20.2. The third kappa shape index (κ3) is 4.67. The van der Waals surface area contributed by atoms with Gasteiger partial charge in [0.2, 0.25) is 0 Å². The van der Waals surface area contributed by atoms with Crippen molar-refractivity contribution in [3.8, 4) is 5.69 Å². The van der Waals surface area contributed by atoms with Gasteiger partial charge >= 0.3 is 0 Å². The summed E-state index contributed by atoms with van der Waals surface area (Å²) in [6.07, 6.45) is 5.39. The highest BCUT2D eigenvalue weighted by Crippen LogP contribution is 2.38. The van der Waals surface area contributed by atoms with Crippen molar-refractivity contribution in [2.45, 2.75) is 30.2 Å². The second-order valence-corrected chi connectivity index (χ2v) is 9.92. The first-order valence-electron chi connectivity index (χ1n) is 9.78. The molecule has 0 unspecified atom stereocenters. The quantitative estimate of drug-likeness (QED) is 0.248. The standard InChI is InChI=1S/C24H19Cl3FN3S/c1-24(2,16-6-8-19(25)21(27)10-16)22-13-30-23(31(22)18-4-3-9-29-12-18)32-14-15-5-7-17(28)11-20(15)26/h3-13H,14H2,1-2H3. The van der Waals surface area contributed by atoms with E-state index in [2.05, 4.69) is 23.4 Å². The second kappa shape index (κ2) is 9.44. The molecule has 164 valence electrons. The Kier molecular flexibility index (Phi) is 6.82. The third-order valence-corrected chi connectivity index (χ3v) is 7.38. The van der Waals surface area contributed by atoms with Crippen LogP contribution in [0.5, 0.6) is 0 Å². The molecular formula is C24H19Cl3FN3S. The van der Waals surface area contributed by atoms with E-state index < -0.39 is 5.41 Å². The van der Waals surface area contributed by atoms with Gasteiger partial charge in [-0.05, 0) is 47.5 Å². The Bertz CT molecular complexity index is 1260. The number of rotatable bonds is 6. The van der Waals surface area contributed by atoms with Crippen molar-refractivity contribution in [1.29, 1.82) is 0 Å². The van der Waals surface area contributed by atoms with Crippen molar-refractivity contribution in [1.82, 2.24) is 14.5 Å². The molecule has 4 rings (SSSR count). The second-order valence-electron chi connectivity index (χ2n) is 7.75. The number of hydrogen-bond acceptors (Lipinski definition) is 3. The minimum atomic E-state index is -0.427. The lowest BCUT2D eigenvalue weighted by molar-refractivity contribution is 0.592. The topological polar surface area (TPSA) is 30.7 Å². The number of halogens is 4. The van der Waals surface area contributed by atoms with Gasteiger partial charge < -0.3 is 0 Å². The Morgan fingerprint density at radius 1 is 0.969 bits per heavy atom. The van der Waals surface area contributed by atoms with E-state index in [1.54, 1.807) is 24.5 Å². The number of aromatic nitrogens is 3. The summed E-state index contributed by atoms with van der Waals surface area (Å²) in [7, 11) is 0. The lowest BCUT2D eigenvalue weighted by Crippen LogP contribution is -2.23. The molecule has 2 heterocycles. The smallest absolute Gasteiger partial charge is 0.173 e. The van der Waals surface area contributed by atoms with Gasteiger partial charge in [-0.1, -0.05) is 72.5 Å². The van der Waals surface area contributed by atoms with E-state index in [1.807, 2.05) is 30.5 Å². The fourth-order valence-electron chi connectivity index (χ4n) is 3.43. The van der Waals surface area contributed by atoms with Crippen molar-refractivity contribution in [2.75, 3.05) is 0 Å². The fourth-order valence-corrected chi connectivity index (χ4v) is 5.03. The summed E-state index contributed by atoms with van der Waals surface area (Å²) in [5.74, 6) is 0.189. The van der Waals surface area contributed by atoms with E-state index in [0.717, 1.165) is 27.7 Å². The molecule has 2 aromatic heterocycles. The predicted octanol–water partition coefficient (Wildman–Crippen LogP) is 7.98. The largest absolute Gasteiger partial charge is 0.289 e. The average molecular weight is 507 g/mol. The van der Waals surface area contributed by atoms with Crippen LogP contribution in [-0.4, -0.2) is 14.5 Å². The maximum atomic E-state index is 13.4. The zero-order valence-electron chi connectivity index (χ0n) is 17.3. The van der Waals surface area contributed by atoms with Crippen molar-refractivity contribution in [3.63, 3.8) is 0 Å². The van der Waals surface area contributed by atoms with Crippen LogP contribution in [0.25, 0.3) is 5.69 Å². The molecule has 0 aliphatic rings. The van der Waals surface area contributed by atoms with E-state index >= 15 is 0 Å². The molecule has 4 aromatic rings. The maximum absolute atomic E-state index is 13.4. The molecular weight excluding hydrogens is 488 g/mol. The number of hydrogen-bond donors (Lipinski definition) is 0. The van der Waals surface area contributed by atoms with Crippen LogP contribution < -0.4 is 0 Å². The van der Waals surface area contributed by atoms with Crippen molar-refractivity contribution in [3.05, 3.63) is 105 Å². The zero-order chi connectivity index (χ0) is 22.9. The average Bonchev–Trinajstić information content (AvgIpc) is 3.20. The monoisotopic (exact) mass is 505 g/mol. The highest BCUT2D eigenvalue weighted by molar-refractivity contribution is 7.98. The van der Waals surface area contributed by atoms with E-state index in [1.165, 1.54) is 23.9 Å². The van der Waals surface area contributed by atoms with Crippen LogP contribution in [0.1, 0.15) is 30.7 Å². The molecule has 0 saturated heterocycles. The summed E-state index contributed by atoms with van der Waals surface area (Å²) in [6, 6.07) is 14.0. The van der Waals surface area contributed by atoms with Crippen LogP contribution in [0.3, 0.4) is 0 Å². The van der Waals surface area contributed by atoms with Crippen LogP contribution in [0.15, 0.2) is 72.3 Å². The number of benzene rings is 2. The van der Waals surface area contributed by atoms with Gasteiger partial charge in [-0.25, -0.2) is 9.37 Å². The summed E-state index contributed by atoms with van der Waals surface area (Å²) in [5.41, 5.74) is 3.28. The lowest BCUT2D eigenvalue weighted by Gasteiger charge is -2.27. The molecule has 0 atom stereocenters. The first-order valence-corrected chi connectivity index (χ1v) is 11.9. The molecule has 0 aliphatic heterocycles. The van der Waals surface area contributed by atoms with Gasteiger partial charge in [-0.2, -0.15) is 0 Å². The molecule has 3 nitrogen and oxygen atoms in total. The van der Waals surface area contributed by atoms with Crippen LogP contribution in [0.2, 0.25) is 15.1 Å². The number of pyridine rings is 1. The molecule has 0 bridgehead atoms. The molecule has 0 aliphatic carbocycles. The molecule has 2 aromatic carbocycles. The summed E-state index contributed by atoms with van der Waals surface area (Å²) < 4.78 is 15.5. The Labute approximate surface area is 205 Å². The molecule has 0 amide bonds. The lowest BCUT2D eigenvalue weighted by atomic mass is 9.81. The first-order chi connectivity index (χ1) is 15.3. The normalized spacial score (nSPS) is 11.7. The molecule has 0 fully saturated rings. The van der Waals surface area contributed by atoms with E-state index in [0.29, 0.717) is 20.8 Å². The van der Waals surface area contributed by atoms with Crippen molar-refractivity contribution < 1.29 is 4.39 Å². The van der Waals surface area contributed by atoms with Gasteiger partial charge in [0.1, 0.15) is 5.82 Å². The minimum absolute atomic E-state index is 0.355. The highest BCUT2D eigenvalue weighted by atomic mass is 35.5. The predicted molar refractivity (Wildman–Crippen MR) is 131 cm³/mol. The van der Waals surface area contributed by atoms with Crippen LogP contribution in [0.4, 0.5) is 4.39 Å². The van der Waals surface area contributed by atoms with Gasteiger partial charge in [0.15, 0.2) is 5.16 Å². The highest BCUT2D eigenvalue weighted by Gasteiger charge is 2.30. The fraction of sp³-hybridized carbons (Fsp3) is 0.167. The maximum Gasteiger partial charge on any atom is 0.173 e. The van der Waals surface area contributed by atoms with E-state index in [4.69, 9.17) is 39.8 Å². The summed E-state index contributed by atoms with van der Waals surface area (Å²) in [5, 5.41) is 2.19. The molecule has 0 N–H and O–H groups in total. The summed E-state index contributed by atoms with van der Waals surface area (Å²) in [6.45, 7) is 4.23. The Hall–Kier alpha value is -2.05. The van der Waals surface area contributed by atoms with Gasteiger partial charge in [0.05, 0.1) is 33.8 Å². The van der Waals surface area contributed by atoms with Gasteiger partial charge in [-0.3, -0.25) is 9.55 Å². The van der Waals surface area contributed by atoms with Crippen molar-refractivity contribution in [2.24, 2.45) is 0 Å². The Balaban J connectivity index is 1.76. The van der Waals surface area contributed by atoms with E-state index in [-0.39, 0.29) is 5.82 Å². The van der Waals surface area contributed by atoms with Gasteiger partial charge in [-0.15, -0.1) is 0 Å². The van der Waals surface area contributed by atoms with Crippen LogP contribution in [-0.2, 0) is 11.2 Å². The number of thioether (sulfide) groups is 1.